The molecule has 4 rings (SSSR count). The lowest BCUT2D eigenvalue weighted by Crippen LogP contribution is -2.52. The van der Waals surface area contributed by atoms with Crippen LogP contribution in [0.5, 0.6) is 0 Å². The van der Waals surface area contributed by atoms with Gasteiger partial charge >= 0.3 is 12.1 Å². The van der Waals surface area contributed by atoms with Gasteiger partial charge in [-0.1, -0.05) is 13.0 Å². The first kappa shape index (κ1) is 30.1. The fourth-order valence-corrected chi connectivity index (χ4v) is 5.16. The minimum Gasteiger partial charge on any atom is -0.397 e. The van der Waals surface area contributed by atoms with Crippen LogP contribution in [0.3, 0.4) is 0 Å². The second-order valence-corrected chi connectivity index (χ2v) is 10.9. The highest BCUT2D eigenvalue weighted by Gasteiger charge is 2.33. The van der Waals surface area contributed by atoms with Gasteiger partial charge < -0.3 is 30.7 Å². The fourth-order valence-electron chi connectivity index (χ4n) is 5.16. The number of carbonyl (C=O) groups excluding carboxylic acids is 3. The molecule has 13 heteroatoms. The summed E-state index contributed by atoms with van der Waals surface area (Å²) in [7, 11) is 5.25. The fraction of sp³-hybridized carbons (Fsp3) is 0.448. The summed E-state index contributed by atoms with van der Waals surface area (Å²) in [6.07, 6.45) is 3.77. The number of hydrogen-bond donors (Lipinski definition) is 2. The van der Waals surface area contributed by atoms with Crippen LogP contribution in [0.1, 0.15) is 25.3 Å². The maximum Gasteiger partial charge on any atom is 0.329 e. The van der Waals surface area contributed by atoms with Crippen LogP contribution < -0.4 is 16.0 Å². The second kappa shape index (κ2) is 12.8. The molecule has 1 aliphatic heterocycles. The monoisotopic (exact) mass is 574 g/mol. The lowest BCUT2D eigenvalue weighted by atomic mass is 9.92. The summed E-state index contributed by atoms with van der Waals surface area (Å²) in [6.45, 7) is 5.75. The Balaban J connectivity index is 1.43. The van der Waals surface area contributed by atoms with Gasteiger partial charge in [0.05, 0.1) is 28.9 Å². The van der Waals surface area contributed by atoms with Gasteiger partial charge in [0, 0.05) is 53.5 Å². The van der Waals surface area contributed by atoms with Crippen LogP contribution in [0.4, 0.5) is 26.8 Å². The van der Waals surface area contributed by atoms with Crippen molar-refractivity contribution in [1.82, 2.24) is 29.2 Å². The number of nitrogens with one attached hydrogen (secondary N) is 1. The summed E-state index contributed by atoms with van der Waals surface area (Å²) in [5, 5.41) is 12.5. The highest BCUT2D eigenvalue weighted by Crippen LogP contribution is 2.30. The first-order valence-electron chi connectivity index (χ1n) is 13.8. The number of benzene rings is 1. The molecule has 3 heterocycles. The summed E-state index contributed by atoms with van der Waals surface area (Å²) in [5.41, 5.74) is 8.44. The van der Waals surface area contributed by atoms with Crippen molar-refractivity contribution < 1.29 is 14.4 Å². The predicted molar refractivity (Wildman–Crippen MR) is 161 cm³/mol. The van der Waals surface area contributed by atoms with E-state index in [1.54, 1.807) is 37.3 Å². The van der Waals surface area contributed by atoms with Crippen LogP contribution in [0.15, 0.2) is 36.8 Å². The molecule has 0 bridgehead atoms. The molecule has 222 valence electrons. The number of urea groups is 1. The van der Waals surface area contributed by atoms with E-state index in [9.17, 15) is 14.4 Å². The Labute approximate surface area is 245 Å². The second-order valence-electron chi connectivity index (χ2n) is 10.9. The Kier molecular flexibility index (Phi) is 9.15. The molecule has 2 atom stereocenters. The van der Waals surface area contributed by atoms with Gasteiger partial charge in [0.1, 0.15) is 18.6 Å². The molecule has 0 radical (unpaired) electrons. The third kappa shape index (κ3) is 6.38. The van der Waals surface area contributed by atoms with Crippen molar-refractivity contribution in [2.24, 2.45) is 5.92 Å². The summed E-state index contributed by atoms with van der Waals surface area (Å²) in [6, 6.07) is 8.53. The third-order valence-electron chi connectivity index (χ3n) is 7.89. The van der Waals surface area contributed by atoms with Crippen LogP contribution in [0, 0.1) is 24.2 Å². The van der Waals surface area contributed by atoms with Gasteiger partial charge in [0.25, 0.3) is 0 Å². The number of aryl methyl sites for hydroxylation is 1. The lowest BCUT2D eigenvalue weighted by Gasteiger charge is -2.42. The summed E-state index contributed by atoms with van der Waals surface area (Å²) in [5.74, 6) is 0.780. The van der Waals surface area contributed by atoms with Gasteiger partial charge in [0.2, 0.25) is 5.91 Å². The Bertz CT molecular complexity index is 1510. The van der Waals surface area contributed by atoms with Gasteiger partial charge in [-0.25, -0.2) is 19.6 Å². The van der Waals surface area contributed by atoms with Gasteiger partial charge in [-0.05, 0) is 43.0 Å². The van der Waals surface area contributed by atoms with E-state index < -0.39 is 0 Å². The molecule has 1 fully saturated rings. The standard InChI is InChI=1S/C29H38N10O3/c1-19-6-7-22(31)23(16-19)34-28(41)35(3)14-15-36(4)29(42)39-13-10-21-26(32-18-33-27(21)39)37(5)24-17-38(12-9-20(24)2)25(40)8-11-30/h6-7,10,13,16,18,20,24H,8-9,12,14-15,17,31H2,1-5H3,(H,34,41)/t20-,24+/m1/s1. The number of hydrogen-bond acceptors (Lipinski definition) is 8. The first-order chi connectivity index (χ1) is 20.0. The van der Waals surface area contributed by atoms with Crippen molar-refractivity contribution in [2.75, 3.05) is 63.3 Å². The van der Waals surface area contributed by atoms with Crippen molar-refractivity contribution in [3.63, 3.8) is 0 Å². The molecule has 1 aromatic carbocycles. The largest absolute Gasteiger partial charge is 0.397 e. The third-order valence-corrected chi connectivity index (χ3v) is 7.89. The Morgan fingerprint density at radius 3 is 2.62 bits per heavy atom. The topological polar surface area (TPSA) is 157 Å². The van der Waals surface area contributed by atoms with E-state index in [0.717, 1.165) is 12.0 Å². The zero-order chi connectivity index (χ0) is 30.6. The SMILES string of the molecule is Cc1ccc(N)c(NC(=O)N(C)CCN(C)C(=O)n2ccc3c(N(C)[C@H]4CN(C(=O)CC#N)CC[C@H]4C)ncnc32)c1. The molecule has 0 spiro atoms. The van der Waals surface area contributed by atoms with Crippen molar-refractivity contribution in [1.29, 1.82) is 5.26 Å². The normalized spacial score (nSPS) is 16.5. The van der Waals surface area contributed by atoms with E-state index in [1.165, 1.54) is 20.7 Å². The maximum atomic E-state index is 13.4. The van der Waals surface area contributed by atoms with E-state index in [-0.39, 0.29) is 42.9 Å². The molecule has 0 aliphatic carbocycles. The minimum absolute atomic E-state index is 0.0157. The number of aromatic nitrogens is 3. The Hall–Kier alpha value is -4.86. The van der Waals surface area contributed by atoms with Gasteiger partial charge in [0.15, 0.2) is 5.65 Å². The van der Waals surface area contributed by atoms with Crippen LogP contribution in [-0.4, -0.2) is 101 Å². The van der Waals surface area contributed by atoms with E-state index >= 15 is 0 Å². The van der Waals surface area contributed by atoms with Crippen molar-refractivity contribution >= 4 is 46.2 Å². The number of anilines is 3. The van der Waals surface area contributed by atoms with Crippen LogP contribution >= 0.6 is 0 Å². The zero-order valence-electron chi connectivity index (χ0n) is 24.7. The highest BCUT2D eigenvalue weighted by atomic mass is 16.2. The molecule has 3 aromatic rings. The van der Waals surface area contributed by atoms with Crippen LogP contribution in [0.2, 0.25) is 0 Å². The molecule has 0 saturated carbocycles. The number of likely N-dealkylation sites (tertiary alicyclic amines) is 1. The van der Waals surface area contributed by atoms with Gasteiger partial charge in [-0.3, -0.25) is 9.36 Å². The van der Waals surface area contributed by atoms with Crippen LogP contribution in [0.25, 0.3) is 11.0 Å². The van der Waals surface area contributed by atoms with E-state index in [1.807, 2.05) is 37.1 Å². The number of fused-ring (bicyclic) bond motifs is 1. The summed E-state index contributed by atoms with van der Waals surface area (Å²) < 4.78 is 1.47. The average Bonchev–Trinajstić information content (AvgIpc) is 3.41. The molecule has 3 N–H and O–H groups in total. The van der Waals surface area contributed by atoms with Crippen molar-refractivity contribution in [3.8, 4) is 6.07 Å². The molecule has 1 saturated heterocycles. The summed E-state index contributed by atoms with van der Waals surface area (Å²) in [4.78, 5) is 54.2. The highest BCUT2D eigenvalue weighted by molar-refractivity contribution is 5.95. The average molecular weight is 575 g/mol. The quantitative estimate of drug-likeness (QED) is 0.408. The zero-order valence-corrected chi connectivity index (χ0v) is 24.7. The van der Waals surface area contributed by atoms with Crippen molar-refractivity contribution in [3.05, 3.63) is 42.4 Å². The number of likely N-dealkylation sites (N-methyl/N-ethyl adjacent to an activating group) is 3. The lowest BCUT2D eigenvalue weighted by molar-refractivity contribution is -0.131. The molecule has 13 nitrogen and oxygen atoms in total. The number of nitrogen functional groups attached to an aromatic ring is 1. The molecule has 0 unspecified atom stereocenters. The molecule has 42 heavy (non-hydrogen) atoms. The molecule has 4 amide bonds. The van der Waals surface area contributed by atoms with E-state index in [0.29, 0.717) is 47.9 Å². The number of carbonyl (C=O) groups is 3. The van der Waals surface area contributed by atoms with Gasteiger partial charge in [-0.2, -0.15) is 5.26 Å². The van der Waals surface area contributed by atoms with E-state index in [2.05, 4.69) is 22.2 Å². The number of piperidine rings is 1. The smallest absolute Gasteiger partial charge is 0.329 e. The number of rotatable bonds is 7. The molecular formula is C29H38N10O3. The summed E-state index contributed by atoms with van der Waals surface area (Å²) >= 11 is 0. The number of nitriles is 1. The van der Waals surface area contributed by atoms with Crippen LogP contribution in [-0.2, 0) is 4.79 Å². The Morgan fingerprint density at radius 1 is 1.14 bits per heavy atom. The maximum absolute atomic E-state index is 13.4. The predicted octanol–water partition coefficient (Wildman–Crippen LogP) is 2.97. The van der Waals surface area contributed by atoms with Gasteiger partial charge in [-0.15, -0.1) is 0 Å². The molecule has 2 aromatic heterocycles. The molecular weight excluding hydrogens is 536 g/mol. The van der Waals surface area contributed by atoms with E-state index in [4.69, 9.17) is 11.0 Å². The molecule has 1 aliphatic rings. The first-order valence-corrected chi connectivity index (χ1v) is 13.8. The number of amides is 4. The number of nitrogens with two attached hydrogens (primary N) is 1. The van der Waals surface area contributed by atoms with Crippen molar-refractivity contribution in [2.45, 2.75) is 32.7 Å². The minimum atomic E-state index is -0.329. The number of nitrogens with zero attached hydrogens (tertiary/aromatic N) is 8. The Morgan fingerprint density at radius 2 is 1.88 bits per heavy atom.